The minimum Gasteiger partial charge on any atom is -0.380 e. The Morgan fingerprint density at radius 2 is 2.00 bits per heavy atom. The normalized spacial score (nSPS) is 13.2. The summed E-state index contributed by atoms with van der Waals surface area (Å²) in [6, 6.07) is 0.483. The molecule has 1 atom stereocenters. The first-order valence-electron chi connectivity index (χ1n) is 5.06. The van der Waals surface area contributed by atoms with E-state index in [1.165, 1.54) is 25.7 Å². The van der Waals surface area contributed by atoms with Crippen molar-refractivity contribution in [2.75, 3.05) is 20.3 Å². The van der Waals surface area contributed by atoms with E-state index in [0.717, 1.165) is 13.2 Å². The fourth-order valence-corrected chi connectivity index (χ4v) is 0.974. The lowest BCUT2D eigenvalue weighted by molar-refractivity contribution is 0.114. The molecule has 1 N–H and O–H groups in total. The maximum absolute atomic E-state index is 5.47. The smallest absolute Gasteiger partial charge is 0.0616 e. The lowest BCUT2D eigenvalue weighted by Gasteiger charge is -2.10. The summed E-state index contributed by atoms with van der Waals surface area (Å²) in [5.74, 6) is 0. The molecule has 0 unspecified atom stereocenters. The predicted octanol–water partition coefficient (Wildman–Crippen LogP) is 2.19. The van der Waals surface area contributed by atoms with Gasteiger partial charge in [-0.1, -0.05) is 26.2 Å². The van der Waals surface area contributed by atoms with Gasteiger partial charge < -0.3 is 10.1 Å². The van der Waals surface area contributed by atoms with Crippen LogP contribution in [0.2, 0.25) is 0 Å². The van der Waals surface area contributed by atoms with Gasteiger partial charge in [-0.15, -0.1) is 0 Å². The first kappa shape index (κ1) is 11.9. The van der Waals surface area contributed by atoms with E-state index in [0.29, 0.717) is 6.04 Å². The summed E-state index contributed by atoms with van der Waals surface area (Å²) < 4.78 is 5.47. The largest absolute Gasteiger partial charge is 0.380 e. The van der Waals surface area contributed by atoms with Gasteiger partial charge in [-0.3, -0.25) is 0 Å². The van der Waals surface area contributed by atoms with E-state index in [1.807, 2.05) is 7.05 Å². The third-order valence-corrected chi connectivity index (χ3v) is 2.00. The van der Waals surface area contributed by atoms with Crippen LogP contribution in [-0.4, -0.2) is 26.3 Å². The lowest BCUT2D eigenvalue weighted by atomic mass is 10.2. The van der Waals surface area contributed by atoms with Crippen LogP contribution in [0.25, 0.3) is 0 Å². The Balaban J connectivity index is 2.90. The Morgan fingerprint density at radius 1 is 1.25 bits per heavy atom. The van der Waals surface area contributed by atoms with Crippen LogP contribution in [0.1, 0.15) is 39.5 Å². The van der Waals surface area contributed by atoms with Crippen LogP contribution in [0.15, 0.2) is 0 Å². The molecule has 74 valence electrons. The maximum atomic E-state index is 5.47. The molecule has 0 aliphatic rings. The van der Waals surface area contributed by atoms with Crippen molar-refractivity contribution in [2.45, 2.75) is 45.6 Å². The molecule has 0 amide bonds. The van der Waals surface area contributed by atoms with E-state index in [4.69, 9.17) is 4.74 Å². The van der Waals surface area contributed by atoms with Gasteiger partial charge in [-0.05, 0) is 20.4 Å². The first-order chi connectivity index (χ1) is 5.81. The predicted molar refractivity (Wildman–Crippen MR) is 53.5 cm³/mol. The molecule has 2 nitrogen and oxygen atoms in total. The van der Waals surface area contributed by atoms with Crippen LogP contribution in [0, 0.1) is 0 Å². The Morgan fingerprint density at radius 3 is 2.58 bits per heavy atom. The number of likely N-dealkylation sites (N-methyl/N-ethyl adjacent to an activating group) is 1. The molecule has 2 heteroatoms. The highest BCUT2D eigenvalue weighted by Gasteiger charge is 1.96. The Hall–Kier alpha value is -0.0800. The zero-order chi connectivity index (χ0) is 9.23. The van der Waals surface area contributed by atoms with Crippen LogP contribution >= 0.6 is 0 Å². The molecule has 0 spiro atoms. The summed E-state index contributed by atoms with van der Waals surface area (Å²) in [7, 11) is 1.96. The van der Waals surface area contributed by atoms with Gasteiger partial charge in [0, 0.05) is 12.6 Å². The minimum absolute atomic E-state index is 0.483. The number of ether oxygens (including phenoxy) is 1. The molecule has 0 heterocycles. The van der Waals surface area contributed by atoms with Gasteiger partial charge in [0.25, 0.3) is 0 Å². The van der Waals surface area contributed by atoms with E-state index < -0.39 is 0 Å². The molecular weight excluding hydrogens is 150 g/mol. The topological polar surface area (TPSA) is 21.3 Å². The Labute approximate surface area is 76.7 Å². The highest BCUT2D eigenvalue weighted by molar-refractivity contribution is 4.53. The summed E-state index contributed by atoms with van der Waals surface area (Å²) in [6.45, 7) is 6.12. The third-order valence-electron chi connectivity index (χ3n) is 2.00. The van der Waals surface area contributed by atoms with Crippen molar-refractivity contribution in [1.82, 2.24) is 5.32 Å². The van der Waals surface area contributed by atoms with Crippen molar-refractivity contribution in [2.24, 2.45) is 0 Å². The highest BCUT2D eigenvalue weighted by Crippen LogP contribution is 1.98. The average molecular weight is 173 g/mol. The van der Waals surface area contributed by atoms with E-state index in [2.05, 4.69) is 19.2 Å². The summed E-state index contributed by atoms with van der Waals surface area (Å²) in [5, 5.41) is 3.14. The number of rotatable bonds is 8. The molecule has 0 saturated carbocycles. The number of hydrogen-bond acceptors (Lipinski definition) is 2. The van der Waals surface area contributed by atoms with Crippen molar-refractivity contribution >= 4 is 0 Å². The average Bonchev–Trinajstić information content (AvgIpc) is 2.10. The SMILES string of the molecule is CCCCCCOC[C@@H](C)NC. The van der Waals surface area contributed by atoms with Crippen LogP contribution in [0.5, 0.6) is 0 Å². The zero-order valence-corrected chi connectivity index (χ0v) is 8.73. The molecule has 0 aromatic rings. The van der Waals surface area contributed by atoms with E-state index >= 15 is 0 Å². The van der Waals surface area contributed by atoms with Gasteiger partial charge >= 0.3 is 0 Å². The number of nitrogens with one attached hydrogen (secondary N) is 1. The lowest BCUT2D eigenvalue weighted by Crippen LogP contribution is -2.26. The highest BCUT2D eigenvalue weighted by atomic mass is 16.5. The van der Waals surface area contributed by atoms with Crippen molar-refractivity contribution < 1.29 is 4.74 Å². The van der Waals surface area contributed by atoms with Gasteiger partial charge in [0.05, 0.1) is 6.61 Å². The second-order valence-electron chi connectivity index (χ2n) is 3.33. The molecule has 12 heavy (non-hydrogen) atoms. The fraction of sp³-hybridized carbons (Fsp3) is 1.00. The van der Waals surface area contributed by atoms with Crippen molar-refractivity contribution in [3.05, 3.63) is 0 Å². The minimum atomic E-state index is 0.483. The maximum Gasteiger partial charge on any atom is 0.0616 e. The van der Waals surface area contributed by atoms with Crippen molar-refractivity contribution in [3.63, 3.8) is 0 Å². The Kier molecular flexibility index (Phi) is 8.95. The van der Waals surface area contributed by atoms with E-state index in [1.54, 1.807) is 0 Å². The van der Waals surface area contributed by atoms with E-state index in [9.17, 15) is 0 Å². The van der Waals surface area contributed by atoms with Gasteiger partial charge in [-0.2, -0.15) is 0 Å². The molecule has 0 aliphatic heterocycles. The van der Waals surface area contributed by atoms with E-state index in [-0.39, 0.29) is 0 Å². The van der Waals surface area contributed by atoms with Gasteiger partial charge in [0.1, 0.15) is 0 Å². The molecule has 0 fully saturated rings. The standard InChI is InChI=1S/C10H23NO/c1-4-5-6-7-8-12-9-10(2)11-3/h10-11H,4-9H2,1-3H3/t10-/m1/s1. The van der Waals surface area contributed by atoms with Crippen LogP contribution in [-0.2, 0) is 4.74 Å². The van der Waals surface area contributed by atoms with Crippen LogP contribution in [0.4, 0.5) is 0 Å². The van der Waals surface area contributed by atoms with Crippen molar-refractivity contribution in [1.29, 1.82) is 0 Å². The van der Waals surface area contributed by atoms with Gasteiger partial charge in [0.15, 0.2) is 0 Å². The quantitative estimate of drug-likeness (QED) is 0.568. The third kappa shape index (κ3) is 8.02. The van der Waals surface area contributed by atoms with Crippen molar-refractivity contribution in [3.8, 4) is 0 Å². The first-order valence-corrected chi connectivity index (χ1v) is 5.06. The zero-order valence-electron chi connectivity index (χ0n) is 8.73. The molecule has 0 radical (unpaired) electrons. The molecule has 0 bridgehead atoms. The summed E-state index contributed by atoms with van der Waals surface area (Å²) in [6.07, 6.45) is 5.16. The monoisotopic (exact) mass is 173 g/mol. The second kappa shape index (κ2) is 9.01. The van der Waals surface area contributed by atoms with Crippen LogP contribution < -0.4 is 5.32 Å². The molecular formula is C10H23NO. The Bertz CT molecular complexity index is 85.9. The molecule has 0 aliphatic carbocycles. The number of hydrogen-bond donors (Lipinski definition) is 1. The summed E-state index contributed by atoms with van der Waals surface area (Å²) >= 11 is 0. The van der Waals surface area contributed by atoms with Gasteiger partial charge in [0.2, 0.25) is 0 Å². The summed E-state index contributed by atoms with van der Waals surface area (Å²) in [4.78, 5) is 0. The van der Waals surface area contributed by atoms with Gasteiger partial charge in [-0.25, -0.2) is 0 Å². The number of unbranched alkanes of at least 4 members (excludes halogenated alkanes) is 3. The molecule has 0 aromatic carbocycles. The molecule has 0 rings (SSSR count). The summed E-state index contributed by atoms with van der Waals surface area (Å²) in [5.41, 5.74) is 0. The van der Waals surface area contributed by atoms with Crippen LogP contribution in [0.3, 0.4) is 0 Å². The molecule has 0 aromatic heterocycles. The second-order valence-corrected chi connectivity index (χ2v) is 3.33. The fourth-order valence-electron chi connectivity index (χ4n) is 0.974. The molecule has 0 saturated heterocycles.